The molecule has 0 aliphatic carbocycles. The van der Waals surface area contributed by atoms with Crippen LogP contribution in [-0.2, 0) is 6.54 Å². The fourth-order valence-corrected chi connectivity index (χ4v) is 3.59. The summed E-state index contributed by atoms with van der Waals surface area (Å²) in [5, 5.41) is 4.30. The predicted octanol–water partition coefficient (Wildman–Crippen LogP) is 4.32. The van der Waals surface area contributed by atoms with Gasteiger partial charge in [0.05, 0.1) is 5.02 Å². The number of halogens is 1. The van der Waals surface area contributed by atoms with Crippen molar-refractivity contribution in [1.82, 2.24) is 10.3 Å². The highest BCUT2D eigenvalue weighted by molar-refractivity contribution is 6.35. The molecule has 6 heteroatoms. The molecule has 1 aromatic carbocycles. The molecule has 1 fully saturated rings. The SMILES string of the molecule is Cc1c(C(=O)NCc2ccnc(N3CCCC3)c2)oc2c(Cl)cccc12. The Bertz CT molecular complexity index is 961. The largest absolute Gasteiger partial charge is 0.449 e. The lowest BCUT2D eigenvalue weighted by molar-refractivity contribution is 0.0924. The van der Waals surface area contributed by atoms with Gasteiger partial charge in [0, 0.05) is 36.8 Å². The topological polar surface area (TPSA) is 58.4 Å². The fraction of sp³-hybridized carbons (Fsp3) is 0.300. The molecule has 1 saturated heterocycles. The van der Waals surface area contributed by atoms with Gasteiger partial charge in [-0.05, 0) is 43.5 Å². The van der Waals surface area contributed by atoms with Gasteiger partial charge in [0.1, 0.15) is 5.82 Å². The molecule has 3 heterocycles. The first-order valence-electron chi connectivity index (χ1n) is 8.79. The number of amides is 1. The van der Waals surface area contributed by atoms with E-state index in [1.807, 2.05) is 31.2 Å². The molecule has 0 spiro atoms. The van der Waals surface area contributed by atoms with Gasteiger partial charge in [0.25, 0.3) is 5.91 Å². The third kappa shape index (κ3) is 3.15. The monoisotopic (exact) mass is 369 g/mol. The number of nitrogens with one attached hydrogen (secondary N) is 1. The molecule has 1 N–H and O–H groups in total. The number of aromatic nitrogens is 1. The van der Waals surface area contributed by atoms with Gasteiger partial charge in [-0.1, -0.05) is 23.7 Å². The minimum Gasteiger partial charge on any atom is -0.449 e. The first kappa shape index (κ1) is 16.9. The molecule has 134 valence electrons. The highest BCUT2D eigenvalue weighted by Crippen LogP contribution is 2.30. The van der Waals surface area contributed by atoms with E-state index in [0.717, 1.165) is 35.4 Å². The maximum Gasteiger partial charge on any atom is 0.287 e. The summed E-state index contributed by atoms with van der Waals surface area (Å²) in [5.41, 5.74) is 2.37. The van der Waals surface area contributed by atoms with Gasteiger partial charge in [0.2, 0.25) is 0 Å². The number of benzene rings is 1. The number of carbonyl (C=O) groups is 1. The van der Waals surface area contributed by atoms with E-state index < -0.39 is 0 Å². The Morgan fingerprint density at radius 1 is 1.31 bits per heavy atom. The van der Waals surface area contributed by atoms with Crippen LogP contribution in [0.5, 0.6) is 0 Å². The summed E-state index contributed by atoms with van der Waals surface area (Å²) < 4.78 is 5.72. The third-order valence-corrected chi connectivity index (χ3v) is 5.11. The summed E-state index contributed by atoms with van der Waals surface area (Å²) in [6.45, 7) is 4.38. The summed E-state index contributed by atoms with van der Waals surface area (Å²) >= 11 is 6.16. The Morgan fingerprint density at radius 3 is 2.88 bits per heavy atom. The van der Waals surface area contributed by atoms with E-state index in [0.29, 0.717) is 22.9 Å². The van der Waals surface area contributed by atoms with Crippen LogP contribution in [0.4, 0.5) is 5.82 Å². The van der Waals surface area contributed by atoms with E-state index in [1.54, 1.807) is 12.3 Å². The molecule has 26 heavy (non-hydrogen) atoms. The minimum absolute atomic E-state index is 0.241. The van der Waals surface area contributed by atoms with Crippen LogP contribution in [0.2, 0.25) is 5.02 Å². The number of pyridine rings is 1. The second-order valence-electron chi connectivity index (χ2n) is 6.57. The van der Waals surface area contributed by atoms with Crippen LogP contribution in [0.1, 0.15) is 34.5 Å². The smallest absolute Gasteiger partial charge is 0.287 e. The summed E-state index contributed by atoms with van der Waals surface area (Å²) in [6.07, 6.45) is 4.20. The molecule has 0 atom stereocenters. The first-order chi connectivity index (χ1) is 12.6. The van der Waals surface area contributed by atoms with Gasteiger partial charge >= 0.3 is 0 Å². The lowest BCUT2D eigenvalue weighted by Gasteiger charge is -2.16. The van der Waals surface area contributed by atoms with Gasteiger partial charge in [-0.15, -0.1) is 0 Å². The number of hydrogen-bond donors (Lipinski definition) is 1. The molecule has 0 unspecified atom stereocenters. The quantitative estimate of drug-likeness (QED) is 0.744. The maximum absolute atomic E-state index is 12.6. The van der Waals surface area contributed by atoms with E-state index in [4.69, 9.17) is 16.0 Å². The number of rotatable bonds is 4. The van der Waals surface area contributed by atoms with Crippen molar-refractivity contribution in [1.29, 1.82) is 0 Å². The summed E-state index contributed by atoms with van der Waals surface area (Å²) in [5.74, 6) is 1.04. The van der Waals surface area contributed by atoms with Crippen LogP contribution < -0.4 is 10.2 Å². The lowest BCUT2D eigenvalue weighted by Crippen LogP contribution is -2.24. The van der Waals surface area contributed by atoms with Crippen molar-refractivity contribution in [2.75, 3.05) is 18.0 Å². The highest BCUT2D eigenvalue weighted by atomic mass is 35.5. The molecule has 2 aromatic heterocycles. The molecule has 5 nitrogen and oxygen atoms in total. The van der Waals surface area contributed by atoms with Crippen LogP contribution in [0.3, 0.4) is 0 Å². The standard InChI is InChI=1S/C20H20ClN3O2/c1-13-15-5-4-6-16(21)19(15)26-18(13)20(25)23-12-14-7-8-22-17(11-14)24-9-2-3-10-24/h4-8,11H,2-3,9-10,12H2,1H3,(H,23,25). The van der Waals surface area contributed by atoms with Crippen molar-refractivity contribution in [2.45, 2.75) is 26.3 Å². The third-order valence-electron chi connectivity index (χ3n) is 4.81. The van der Waals surface area contributed by atoms with Gasteiger partial charge in [-0.3, -0.25) is 4.79 Å². The molecule has 1 aliphatic heterocycles. The van der Waals surface area contributed by atoms with Crippen molar-refractivity contribution in [3.8, 4) is 0 Å². The normalized spacial score (nSPS) is 14.2. The van der Waals surface area contributed by atoms with E-state index in [9.17, 15) is 4.79 Å². The van der Waals surface area contributed by atoms with E-state index in [-0.39, 0.29) is 5.91 Å². The Hall–Kier alpha value is -2.53. The average molecular weight is 370 g/mol. The van der Waals surface area contributed by atoms with Gasteiger partial charge in [0.15, 0.2) is 11.3 Å². The number of fused-ring (bicyclic) bond motifs is 1. The van der Waals surface area contributed by atoms with Gasteiger partial charge in [-0.25, -0.2) is 4.98 Å². The van der Waals surface area contributed by atoms with Crippen molar-refractivity contribution in [3.05, 3.63) is 58.4 Å². The molecule has 4 rings (SSSR count). The van der Waals surface area contributed by atoms with Crippen LogP contribution in [0.25, 0.3) is 11.0 Å². The Kier molecular flexibility index (Phi) is 4.55. The van der Waals surface area contributed by atoms with E-state index >= 15 is 0 Å². The molecule has 0 saturated carbocycles. The molecule has 0 radical (unpaired) electrons. The fourth-order valence-electron chi connectivity index (χ4n) is 3.38. The Labute approximate surface area is 157 Å². The van der Waals surface area contributed by atoms with Crippen molar-refractivity contribution >= 4 is 34.3 Å². The zero-order valence-corrected chi connectivity index (χ0v) is 15.3. The number of nitrogens with zero attached hydrogens (tertiary/aromatic N) is 2. The van der Waals surface area contributed by atoms with Crippen LogP contribution in [0, 0.1) is 6.92 Å². The number of anilines is 1. The average Bonchev–Trinajstić information content (AvgIpc) is 3.30. The van der Waals surface area contributed by atoms with Crippen LogP contribution >= 0.6 is 11.6 Å². The van der Waals surface area contributed by atoms with Gasteiger partial charge < -0.3 is 14.6 Å². The molecule has 3 aromatic rings. The lowest BCUT2D eigenvalue weighted by atomic mass is 10.1. The van der Waals surface area contributed by atoms with Crippen molar-refractivity contribution < 1.29 is 9.21 Å². The van der Waals surface area contributed by atoms with Crippen molar-refractivity contribution in [3.63, 3.8) is 0 Å². The number of aryl methyl sites for hydroxylation is 1. The van der Waals surface area contributed by atoms with Crippen LogP contribution in [0.15, 0.2) is 40.9 Å². The van der Waals surface area contributed by atoms with Gasteiger partial charge in [-0.2, -0.15) is 0 Å². The number of furan rings is 1. The summed E-state index contributed by atoms with van der Waals surface area (Å²) in [7, 11) is 0. The predicted molar refractivity (Wildman–Crippen MR) is 103 cm³/mol. The number of hydrogen-bond acceptors (Lipinski definition) is 4. The second kappa shape index (κ2) is 7.00. The zero-order chi connectivity index (χ0) is 18.1. The molecular formula is C20H20ClN3O2. The van der Waals surface area contributed by atoms with E-state index in [1.165, 1.54) is 12.8 Å². The number of para-hydroxylation sites is 1. The second-order valence-corrected chi connectivity index (χ2v) is 6.98. The van der Waals surface area contributed by atoms with Crippen LogP contribution in [-0.4, -0.2) is 24.0 Å². The first-order valence-corrected chi connectivity index (χ1v) is 9.17. The Balaban J connectivity index is 1.50. The summed E-state index contributed by atoms with van der Waals surface area (Å²) in [4.78, 5) is 19.3. The highest BCUT2D eigenvalue weighted by Gasteiger charge is 2.19. The number of carbonyl (C=O) groups excluding carboxylic acids is 1. The maximum atomic E-state index is 12.6. The minimum atomic E-state index is -0.241. The van der Waals surface area contributed by atoms with Crippen molar-refractivity contribution in [2.24, 2.45) is 0 Å². The molecule has 0 bridgehead atoms. The molecule has 1 aliphatic rings. The molecular weight excluding hydrogens is 350 g/mol. The zero-order valence-electron chi connectivity index (χ0n) is 14.6. The Morgan fingerprint density at radius 2 is 2.12 bits per heavy atom. The molecule has 1 amide bonds. The van der Waals surface area contributed by atoms with E-state index in [2.05, 4.69) is 15.2 Å². The summed E-state index contributed by atoms with van der Waals surface area (Å²) in [6, 6.07) is 9.47.